The summed E-state index contributed by atoms with van der Waals surface area (Å²) in [6.07, 6.45) is 2.97. The minimum absolute atomic E-state index is 0.0168. The molecule has 0 N–H and O–H groups in total. The maximum absolute atomic E-state index is 13.0. The summed E-state index contributed by atoms with van der Waals surface area (Å²) < 4.78 is 2.28. The highest BCUT2D eigenvalue weighted by molar-refractivity contribution is 8.18. The van der Waals surface area contributed by atoms with Gasteiger partial charge in [-0.05, 0) is 98.5 Å². The van der Waals surface area contributed by atoms with E-state index in [0.29, 0.717) is 10.1 Å². The number of nitrogens with zero attached hydrogens (tertiary/aromatic N) is 3. The largest absolute Gasteiger partial charge is 0.318 e. The number of likely N-dealkylation sites (N-methyl/N-ethyl adjacent to an activating group) is 1. The van der Waals surface area contributed by atoms with Crippen molar-refractivity contribution < 1.29 is 4.79 Å². The molecule has 32 heavy (non-hydrogen) atoms. The molecule has 164 valence electrons. The van der Waals surface area contributed by atoms with E-state index in [0.717, 1.165) is 40.2 Å². The van der Waals surface area contributed by atoms with Crippen LogP contribution in [-0.4, -0.2) is 27.6 Å². The molecule has 5 heteroatoms. The molecule has 0 radical (unpaired) electrons. The van der Waals surface area contributed by atoms with E-state index < -0.39 is 0 Å². The topological polar surface area (TPSA) is 37.6 Å². The van der Waals surface area contributed by atoms with Crippen molar-refractivity contribution in [3.05, 3.63) is 87.1 Å². The Kier molecular flexibility index (Phi) is 6.11. The fourth-order valence-corrected chi connectivity index (χ4v) is 5.23. The van der Waals surface area contributed by atoms with Crippen molar-refractivity contribution in [1.29, 1.82) is 0 Å². The fraction of sp³-hybridized carbons (Fsp3) is 0.259. The molecule has 3 aromatic rings. The molecule has 0 bridgehead atoms. The van der Waals surface area contributed by atoms with Crippen LogP contribution < -0.4 is 0 Å². The first kappa shape index (κ1) is 22.2. The Morgan fingerprint density at radius 2 is 1.69 bits per heavy atom. The average Bonchev–Trinajstić information content (AvgIpc) is 3.17. The molecule has 4 nitrogen and oxygen atoms in total. The van der Waals surface area contributed by atoms with Gasteiger partial charge < -0.3 is 4.57 Å². The third-order valence-corrected chi connectivity index (χ3v) is 6.87. The van der Waals surface area contributed by atoms with E-state index in [1.807, 2.05) is 18.2 Å². The molecule has 2 heterocycles. The van der Waals surface area contributed by atoms with Crippen molar-refractivity contribution in [3.8, 4) is 5.69 Å². The van der Waals surface area contributed by atoms with Gasteiger partial charge in [0.05, 0.1) is 10.6 Å². The number of aliphatic imine (C=N–C) groups is 1. The Hall–Kier alpha value is -3.05. The van der Waals surface area contributed by atoms with Crippen LogP contribution in [0.15, 0.2) is 58.4 Å². The number of rotatable bonds is 4. The molecule has 0 atom stereocenters. The normalized spacial score (nSPS) is 16.6. The summed E-state index contributed by atoms with van der Waals surface area (Å²) in [6, 6.07) is 16.9. The minimum atomic E-state index is -0.0168. The molecule has 0 aliphatic carbocycles. The predicted octanol–water partition coefficient (Wildman–Crippen LogP) is 6.51. The molecule has 2 aromatic carbocycles. The number of thioether (sulfide) groups is 1. The smallest absolute Gasteiger partial charge is 0.266 e. The molecule has 1 aliphatic rings. The average molecular weight is 444 g/mol. The van der Waals surface area contributed by atoms with Crippen LogP contribution in [0, 0.1) is 27.7 Å². The zero-order chi connectivity index (χ0) is 23.0. The third-order valence-electron chi connectivity index (χ3n) is 5.81. The first-order chi connectivity index (χ1) is 15.3. The number of carbonyl (C=O) groups is 1. The molecule has 4 rings (SSSR count). The van der Waals surface area contributed by atoms with Gasteiger partial charge in [-0.15, -0.1) is 0 Å². The Morgan fingerprint density at radius 3 is 2.38 bits per heavy atom. The van der Waals surface area contributed by atoms with E-state index in [-0.39, 0.29) is 5.91 Å². The van der Waals surface area contributed by atoms with E-state index in [1.165, 1.54) is 23.0 Å². The van der Waals surface area contributed by atoms with Crippen LogP contribution >= 0.6 is 11.8 Å². The van der Waals surface area contributed by atoms with E-state index in [1.54, 1.807) is 11.9 Å². The monoisotopic (exact) mass is 443 g/mol. The summed E-state index contributed by atoms with van der Waals surface area (Å²) >= 11 is 1.43. The first-order valence-electron chi connectivity index (χ1n) is 10.9. The summed E-state index contributed by atoms with van der Waals surface area (Å²) in [4.78, 5) is 20.1. The van der Waals surface area contributed by atoms with Crippen LogP contribution in [0.5, 0.6) is 0 Å². The predicted molar refractivity (Wildman–Crippen MR) is 136 cm³/mol. The SMILES string of the molecule is CCc1ccccc1-n1c(C)cc(/C=C2\SC(=Nc3cc(C)cc(C)c3)N(C)C2=O)c1C. The second-order valence-corrected chi connectivity index (χ2v) is 9.37. The maximum atomic E-state index is 13.0. The maximum Gasteiger partial charge on any atom is 0.266 e. The highest BCUT2D eigenvalue weighted by atomic mass is 32.2. The van der Waals surface area contributed by atoms with Crippen molar-refractivity contribution >= 4 is 34.6 Å². The number of aromatic nitrogens is 1. The van der Waals surface area contributed by atoms with Gasteiger partial charge in [0.15, 0.2) is 5.17 Å². The Balaban J connectivity index is 1.70. The molecular formula is C27H29N3OS. The number of para-hydroxylation sites is 1. The number of hydrogen-bond acceptors (Lipinski definition) is 3. The van der Waals surface area contributed by atoms with Gasteiger partial charge in [0.25, 0.3) is 5.91 Å². The molecule has 1 saturated heterocycles. The number of carbonyl (C=O) groups excluding carboxylic acids is 1. The van der Waals surface area contributed by atoms with E-state index in [9.17, 15) is 4.79 Å². The molecular weight excluding hydrogens is 414 g/mol. The zero-order valence-electron chi connectivity index (χ0n) is 19.6. The van der Waals surface area contributed by atoms with Crippen molar-refractivity contribution in [2.75, 3.05) is 7.05 Å². The second kappa shape index (κ2) is 8.83. The highest BCUT2D eigenvalue weighted by Gasteiger charge is 2.30. The molecule has 1 fully saturated rings. The van der Waals surface area contributed by atoms with Crippen molar-refractivity contribution in [3.63, 3.8) is 0 Å². The lowest BCUT2D eigenvalue weighted by atomic mass is 10.1. The standard InChI is InChI=1S/C27H29N3OS/c1-7-21-10-8-9-11-24(21)30-19(4)15-22(20(30)5)16-25-26(31)29(6)27(32-25)28-23-13-17(2)12-18(3)14-23/h8-16H,7H2,1-6H3/b25-16-,28-27?. The van der Waals surface area contributed by atoms with Crippen LogP contribution in [-0.2, 0) is 11.2 Å². The Labute approximate surface area is 194 Å². The van der Waals surface area contributed by atoms with Gasteiger partial charge in [-0.2, -0.15) is 0 Å². The molecule has 0 unspecified atom stereocenters. The lowest BCUT2D eigenvalue weighted by Crippen LogP contribution is -2.23. The Bertz CT molecular complexity index is 1250. The van der Waals surface area contributed by atoms with Crippen LogP contribution in [0.4, 0.5) is 5.69 Å². The highest BCUT2D eigenvalue weighted by Crippen LogP contribution is 2.35. The summed E-state index contributed by atoms with van der Waals surface area (Å²) in [7, 11) is 1.79. The quantitative estimate of drug-likeness (QED) is 0.431. The fourth-order valence-electron chi connectivity index (χ4n) is 4.25. The van der Waals surface area contributed by atoms with Crippen LogP contribution in [0.3, 0.4) is 0 Å². The number of amidine groups is 1. The van der Waals surface area contributed by atoms with Gasteiger partial charge in [0, 0.05) is 24.1 Å². The van der Waals surface area contributed by atoms with Crippen molar-refractivity contribution in [1.82, 2.24) is 9.47 Å². The van der Waals surface area contributed by atoms with Gasteiger partial charge in [0.1, 0.15) is 0 Å². The van der Waals surface area contributed by atoms with Gasteiger partial charge in [-0.25, -0.2) is 4.99 Å². The van der Waals surface area contributed by atoms with E-state index >= 15 is 0 Å². The summed E-state index contributed by atoms with van der Waals surface area (Å²) in [5.41, 5.74) is 9.06. The van der Waals surface area contributed by atoms with Crippen LogP contribution in [0.2, 0.25) is 0 Å². The molecule has 1 aliphatic heterocycles. The van der Waals surface area contributed by atoms with E-state index in [2.05, 4.69) is 75.6 Å². The number of benzene rings is 2. The van der Waals surface area contributed by atoms with Crippen LogP contribution in [0.1, 0.15) is 40.6 Å². The van der Waals surface area contributed by atoms with Crippen LogP contribution in [0.25, 0.3) is 11.8 Å². The minimum Gasteiger partial charge on any atom is -0.318 e. The first-order valence-corrected chi connectivity index (χ1v) is 11.7. The number of hydrogen-bond donors (Lipinski definition) is 0. The number of amides is 1. The lowest BCUT2D eigenvalue weighted by Gasteiger charge is -2.14. The summed E-state index contributed by atoms with van der Waals surface area (Å²) in [5.74, 6) is -0.0168. The van der Waals surface area contributed by atoms with Crippen molar-refractivity contribution in [2.24, 2.45) is 4.99 Å². The zero-order valence-corrected chi connectivity index (χ0v) is 20.4. The third kappa shape index (κ3) is 4.17. The lowest BCUT2D eigenvalue weighted by molar-refractivity contribution is -0.121. The van der Waals surface area contributed by atoms with Gasteiger partial charge in [-0.1, -0.05) is 31.2 Å². The number of aryl methyl sites for hydroxylation is 4. The van der Waals surface area contributed by atoms with Gasteiger partial charge in [-0.3, -0.25) is 9.69 Å². The molecule has 0 spiro atoms. The Morgan fingerprint density at radius 1 is 1.00 bits per heavy atom. The summed E-state index contributed by atoms with van der Waals surface area (Å²) in [6.45, 7) is 10.5. The second-order valence-electron chi connectivity index (χ2n) is 8.36. The molecule has 0 saturated carbocycles. The molecule has 1 aromatic heterocycles. The van der Waals surface area contributed by atoms with Gasteiger partial charge >= 0.3 is 0 Å². The molecule has 1 amide bonds. The van der Waals surface area contributed by atoms with E-state index in [4.69, 9.17) is 4.99 Å². The summed E-state index contributed by atoms with van der Waals surface area (Å²) in [5, 5.41) is 0.705. The van der Waals surface area contributed by atoms with Crippen molar-refractivity contribution in [2.45, 2.75) is 41.0 Å². The van der Waals surface area contributed by atoms with Gasteiger partial charge in [0.2, 0.25) is 0 Å².